The minimum Gasteiger partial charge on any atom is -0.497 e. The minimum absolute atomic E-state index is 0.00235. The molecule has 1 fully saturated rings. The molecule has 1 saturated heterocycles. The lowest BCUT2D eigenvalue weighted by Gasteiger charge is -2.37. The van der Waals surface area contributed by atoms with Crippen molar-refractivity contribution in [1.82, 2.24) is 19.5 Å². The zero-order valence-corrected chi connectivity index (χ0v) is 16.2. The largest absolute Gasteiger partial charge is 0.497 e. The fraction of sp³-hybridized carbons (Fsp3) is 0.474. The van der Waals surface area contributed by atoms with Crippen molar-refractivity contribution in [3.63, 3.8) is 0 Å². The number of fused-ring (bicyclic) bond motifs is 1. The molecule has 2 aromatic heterocycles. The van der Waals surface area contributed by atoms with Crippen LogP contribution in [0.4, 0.5) is 0 Å². The van der Waals surface area contributed by atoms with Gasteiger partial charge in [-0.1, -0.05) is 30.4 Å². The number of methoxy groups -OCH3 is 1. The van der Waals surface area contributed by atoms with E-state index in [1.807, 2.05) is 19.1 Å². The summed E-state index contributed by atoms with van der Waals surface area (Å²) in [6.07, 6.45) is 2.43. The van der Waals surface area contributed by atoms with E-state index in [1.54, 1.807) is 11.6 Å². The van der Waals surface area contributed by atoms with Gasteiger partial charge in [0.2, 0.25) is 10.8 Å². The van der Waals surface area contributed by atoms with Gasteiger partial charge in [-0.05, 0) is 49.9 Å². The first-order valence-corrected chi connectivity index (χ1v) is 9.81. The fourth-order valence-electron chi connectivity index (χ4n) is 3.80. The summed E-state index contributed by atoms with van der Waals surface area (Å²) in [6, 6.07) is 8.13. The Labute approximate surface area is 157 Å². The van der Waals surface area contributed by atoms with E-state index < -0.39 is 0 Å². The smallest absolute Gasteiger partial charge is 0.230 e. The predicted octanol–water partition coefficient (Wildman–Crippen LogP) is 3.63. The molecule has 0 aliphatic carbocycles. The lowest BCUT2D eigenvalue weighted by molar-refractivity contribution is 0.149. The van der Waals surface area contributed by atoms with Gasteiger partial charge in [-0.25, -0.2) is 4.98 Å². The van der Waals surface area contributed by atoms with Gasteiger partial charge in [0.05, 0.1) is 18.0 Å². The second-order valence-corrected chi connectivity index (χ2v) is 8.07. The SMILES string of the molecule is COc1ccc([C@H](c2sc3nc(C)nn3c2O)N2CCC[C@H](C)C2)cc1. The van der Waals surface area contributed by atoms with Crippen molar-refractivity contribution in [1.29, 1.82) is 0 Å². The van der Waals surface area contributed by atoms with Crippen LogP contribution < -0.4 is 4.74 Å². The molecule has 1 aromatic carbocycles. The molecule has 2 atom stereocenters. The Bertz CT molecular complexity index is 902. The number of benzene rings is 1. The van der Waals surface area contributed by atoms with Gasteiger partial charge in [-0.2, -0.15) is 4.52 Å². The highest BCUT2D eigenvalue weighted by molar-refractivity contribution is 7.17. The van der Waals surface area contributed by atoms with Crippen LogP contribution >= 0.6 is 11.3 Å². The first kappa shape index (κ1) is 17.3. The lowest BCUT2D eigenvalue weighted by atomic mass is 9.95. The molecule has 1 N–H and O–H groups in total. The number of likely N-dealkylation sites (tertiary alicyclic amines) is 1. The predicted molar refractivity (Wildman–Crippen MR) is 102 cm³/mol. The highest BCUT2D eigenvalue weighted by atomic mass is 32.1. The Morgan fingerprint density at radius 3 is 2.73 bits per heavy atom. The van der Waals surface area contributed by atoms with Crippen molar-refractivity contribution in [2.24, 2.45) is 5.92 Å². The number of piperidine rings is 1. The Hall–Kier alpha value is -2.12. The standard InChI is InChI=1S/C19H24N4O2S/c1-12-5-4-10-22(11-12)16(14-6-8-15(25-3)9-7-14)17-18(24)23-19(26-17)20-13(2)21-23/h6-9,12,16,24H,4-5,10-11H2,1-3H3/t12-,16+/m0/s1. The maximum absolute atomic E-state index is 10.9. The van der Waals surface area contributed by atoms with E-state index in [9.17, 15) is 5.11 Å². The second-order valence-electron chi connectivity index (χ2n) is 7.06. The van der Waals surface area contributed by atoms with Gasteiger partial charge >= 0.3 is 0 Å². The van der Waals surface area contributed by atoms with Gasteiger partial charge in [0.25, 0.3) is 0 Å². The summed E-state index contributed by atoms with van der Waals surface area (Å²) >= 11 is 1.52. The summed E-state index contributed by atoms with van der Waals surface area (Å²) in [5.74, 6) is 2.36. The zero-order chi connectivity index (χ0) is 18.3. The van der Waals surface area contributed by atoms with Gasteiger partial charge in [-0.3, -0.25) is 4.90 Å². The molecule has 0 spiro atoms. The topological polar surface area (TPSA) is 62.9 Å². The number of thiazole rings is 1. The monoisotopic (exact) mass is 372 g/mol. The number of hydrogen-bond donors (Lipinski definition) is 1. The van der Waals surface area contributed by atoms with Crippen LogP contribution in [0.3, 0.4) is 0 Å². The van der Waals surface area contributed by atoms with E-state index >= 15 is 0 Å². The van der Waals surface area contributed by atoms with Crippen LogP contribution in [0.5, 0.6) is 11.6 Å². The number of aryl methyl sites for hydroxylation is 1. The second kappa shape index (κ2) is 6.89. The minimum atomic E-state index is -0.00235. The van der Waals surface area contributed by atoms with Crippen molar-refractivity contribution in [3.05, 3.63) is 40.5 Å². The van der Waals surface area contributed by atoms with E-state index in [1.165, 1.54) is 24.2 Å². The highest BCUT2D eigenvalue weighted by Crippen LogP contribution is 2.41. The van der Waals surface area contributed by atoms with Crippen LogP contribution in [0.15, 0.2) is 24.3 Å². The van der Waals surface area contributed by atoms with Crippen molar-refractivity contribution in [2.45, 2.75) is 32.7 Å². The fourth-order valence-corrected chi connectivity index (χ4v) is 4.96. The van der Waals surface area contributed by atoms with Gasteiger partial charge in [0, 0.05) is 6.54 Å². The van der Waals surface area contributed by atoms with E-state index in [2.05, 4.69) is 34.0 Å². The molecule has 3 aromatic rings. The van der Waals surface area contributed by atoms with Crippen LogP contribution in [0, 0.1) is 12.8 Å². The third kappa shape index (κ3) is 3.05. The molecule has 0 saturated carbocycles. The zero-order valence-electron chi connectivity index (χ0n) is 15.3. The molecule has 1 aliphatic heterocycles. The van der Waals surface area contributed by atoms with E-state index in [0.29, 0.717) is 11.7 Å². The summed E-state index contributed by atoms with van der Waals surface area (Å²) in [7, 11) is 1.67. The maximum Gasteiger partial charge on any atom is 0.230 e. The Morgan fingerprint density at radius 2 is 2.08 bits per heavy atom. The van der Waals surface area contributed by atoms with E-state index in [0.717, 1.165) is 34.2 Å². The Balaban J connectivity index is 1.80. The molecule has 138 valence electrons. The summed E-state index contributed by atoms with van der Waals surface area (Å²) < 4.78 is 6.86. The molecule has 0 bridgehead atoms. The molecular formula is C19H24N4O2S. The third-order valence-electron chi connectivity index (χ3n) is 5.04. The van der Waals surface area contributed by atoms with E-state index in [-0.39, 0.29) is 11.9 Å². The number of aromatic nitrogens is 3. The summed E-state index contributed by atoms with van der Waals surface area (Å²) in [4.78, 5) is 8.53. The first-order chi connectivity index (χ1) is 12.6. The van der Waals surface area contributed by atoms with Crippen molar-refractivity contribution >= 4 is 16.3 Å². The molecule has 7 heteroatoms. The van der Waals surface area contributed by atoms with Crippen molar-refractivity contribution in [3.8, 4) is 11.6 Å². The quantitative estimate of drug-likeness (QED) is 0.758. The van der Waals surface area contributed by atoms with Crippen LogP contribution in [0.25, 0.3) is 4.96 Å². The molecule has 4 rings (SSSR count). The first-order valence-electron chi connectivity index (χ1n) is 9.00. The number of rotatable bonds is 4. The Morgan fingerprint density at radius 1 is 1.31 bits per heavy atom. The molecule has 26 heavy (non-hydrogen) atoms. The molecule has 6 nitrogen and oxygen atoms in total. The third-order valence-corrected chi connectivity index (χ3v) is 6.11. The van der Waals surface area contributed by atoms with E-state index in [4.69, 9.17) is 4.74 Å². The number of hydrogen-bond acceptors (Lipinski definition) is 6. The maximum atomic E-state index is 10.9. The lowest BCUT2D eigenvalue weighted by Crippen LogP contribution is -2.37. The van der Waals surface area contributed by atoms with Crippen LogP contribution in [0.2, 0.25) is 0 Å². The number of nitrogens with zero attached hydrogens (tertiary/aromatic N) is 4. The van der Waals surface area contributed by atoms with Gasteiger partial charge in [0.15, 0.2) is 0 Å². The van der Waals surface area contributed by atoms with Crippen LogP contribution in [-0.2, 0) is 0 Å². The van der Waals surface area contributed by atoms with Crippen LogP contribution in [0.1, 0.15) is 42.1 Å². The van der Waals surface area contributed by atoms with Gasteiger partial charge < -0.3 is 9.84 Å². The molecule has 1 aliphatic rings. The summed E-state index contributed by atoms with van der Waals surface area (Å²) in [5, 5.41) is 15.2. The molecular weight excluding hydrogens is 348 g/mol. The van der Waals surface area contributed by atoms with Crippen molar-refractivity contribution < 1.29 is 9.84 Å². The normalized spacial score (nSPS) is 19.7. The van der Waals surface area contributed by atoms with Gasteiger partial charge in [-0.15, -0.1) is 5.10 Å². The molecule has 0 unspecified atom stereocenters. The average Bonchev–Trinajstić information content (AvgIpc) is 3.14. The molecule has 0 amide bonds. The molecule has 0 radical (unpaired) electrons. The van der Waals surface area contributed by atoms with Gasteiger partial charge in [0.1, 0.15) is 11.6 Å². The summed E-state index contributed by atoms with van der Waals surface area (Å²) in [6.45, 7) is 6.17. The summed E-state index contributed by atoms with van der Waals surface area (Å²) in [5.41, 5.74) is 1.15. The number of aromatic hydroxyl groups is 1. The highest BCUT2D eigenvalue weighted by Gasteiger charge is 2.31. The Kier molecular flexibility index (Phi) is 4.58. The van der Waals surface area contributed by atoms with Crippen LogP contribution in [-0.4, -0.2) is 44.8 Å². The van der Waals surface area contributed by atoms with Crippen molar-refractivity contribution in [2.75, 3.05) is 20.2 Å². The molecule has 3 heterocycles. The number of ether oxygens (including phenoxy) is 1. The average molecular weight is 372 g/mol.